The Morgan fingerprint density at radius 1 is 0.408 bits per heavy atom. The number of benzene rings is 9. The molecule has 9 aromatic rings. The molecule has 0 atom stereocenters. The van der Waals surface area contributed by atoms with E-state index in [1.165, 1.54) is 113 Å². The third kappa shape index (κ3) is 10.5. The first-order valence-corrected chi connectivity index (χ1v) is 25.6. The summed E-state index contributed by atoms with van der Waals surface area (Å²) in [6.07, 6.45) is 7.92. The van der Waals surface area contributed by atoms with E-state index in [4.69, 9.17) is 0 Å². The second-order valence-corrected chi connectivity index (χ2v) is 19.0. The average molecular weight is 924 g/mol. The molecule has 0 saturated heterocycles. The maximum Gasteiger partial charge on any atom is 0.0725 e. The molecule has 2 aliphatic carbocycles. The van der Waals surface area contributed by atoms with Crippen molar-refractivity contribution in [2.45, 2.75) is 86.0 Å². The van der Waals surface area contributed by atoms with Gasteiger partial charge in [-0.1, -0.05) is 256 Å². The molecule has 1 nitrogen and oxygen atoms in total. The first-order valence-electron chi connectivity index (χ1n) is 25.6. The number of aliphatic imine (C=N–C) groups is 1. The summed E-state index contributed by atoms with van der Waals surface area (Å²) in [4.78, 5) is 4.07. The number of allylic oxidation sites excluding steroid dienone is 1. The first kappa shape index (κ1) is 49.8. The van der Waals surface area contributed by atoms with Gasteiger partial charge in [0, 0.05) is 0 Å². The molecule has 0 unspecified atom stereocenters. The molecular weight excluding hydrogens is 855 g/mol. The number of unbranched alkanes of at least 4 members (excludes halogenated alkanes) is 2. The van der Waals surface area contributed by atoms with E-state index in [1.54, 1.807) is 0 Å². The van der Waals surface area contributed by atoms with Crippen molar-refractivity contribution in [2.24, 2.45) is 4.99 Å². The number of fused-ring (bicyclic) bond motifs is 10. The number of hydrogen-bond donors (Lipinski definition) is 0. The maximum absolute atomic E-state index is 4.07. The standard InChI is InChI=1S/C35H28.C14H19N.C14H14.C7H8/c1-3-12-24-13-4-5-14-25(24)33-23(2)21-22-32-34(33)28-17-8-11-20-31(28)35(32)29-18-9-6-15-26(29)27-16-7-10-19-30(27)35;1-4-5-6-7-14(15-3)13-10-8-12(2)9-11-13;1-11-7-3-5-9-13(11)14-10-6-4-8-12(14)2;1-7-5-3-2-4-6-7/h4-11,13-22H,3,12H2,1-2H3;7-11H,3-6H2,1-2H3;3-10H,1-2H3;2-6H,1H3/b;14-7-;;. The van der Waals surface area contributed by atoms with Crippen LogP contribution in [0.2, 0.25) is 0 Å². The van der Waals surface area contributed by atoms with Crippen molar-refractivity contribution in [1.82, 2.24) is 0 Å². The number of aryl methyl sites for hydroxylation is 6. The minimum atomic E-state index is -0.277. The van der Waals surface area contributed by atoms with Crippen molar-refractivity contribution in [2.75, 3.05) is 0 Å². The Morgan fingerprint density at radius 3 is 1.38 bits per heavy atom. The van der Waals surface area contributed by atoms with E-state index in [0.29, 0.717) is 0 Å². The third-order valence-electron chi connectivity index (χ3n) is 14.1. The summed E-state index contributed by atoms with van der Waals surface area (Å²) in [5.41, 5.74) is 26.6. The van der Waals surface area contributed by atoms with E-state index in [9.17, 15) is 0 Å². The molecule has 0 fully saturated rings. The summed E-state index contributed by atoms with van der Waals surface area (Å²) >= 11 is 0. The lowest BCUT2D eigenvalue weighted by Gasteiger charge is -2.30. The number of rotatable bonds is 9. The maximum atomic E-state index is 4.07. The van der Waals surface area contributed by atoms with Crippen LogP contribution in [0.15, 0.2) is 223 Å². The lowest BCUT2D eigenvalue weighted by Crippen LogP contribution is -2.25. The van der Waals surface area contributed by atoms with Gasteiger partial charge in [-0.25, -0.2) is 0 Å². The van der Waals surface area contributed by atoms with Crippen LogP contribution in [-0.4, -0.2) is 6.72 Å². The van der Waals surface area contributed by atoms with Crippen molar-refractivity contribution in [1.29, 1.82) is 0 Å². The largest absolute Gasteiger partial charge is 0.264 e. The first-order chi connectivity index (χ1) is 34.7. The van der Waals surface area contributed by atoms with Crippen molar-refractivity contribution in [3.8, 4) is 44.5 Å². The fourth-order valence-corrected chi connectivity index (χ4v) is 10.6. The summed E-state index contributed by atoms with van der Waals surface area (Å²) in [5.74, 6) is 0. The topological polar surface area (TPSA) is 12.4 Å². The predicted octanol–water partition coefficient (Wildman–Crippen LogP) is 19.2. The van der Waals surface area contributed by atoms with Gasteiger partial charge in [-0.15, -0.1) is 0 Å². The molecule has 0 aromatic heterocycles. The SMILES string of the molecule is C=N/C(=C\CCCC)c1ccc(C)cc1.CCCc1ccccc1-c1c(C)ccc2c1-c1ccccc1C21c2ccccc2-c2ccccc21.Cc1ccccc1.Cc1ccccc1-c1ccccc1C. The zero-order chi connectivity index (χ0) is 49.7. The number of nitrogens with zero attached hydrogens (tertiary/aromatic N) is 1. The van der Waals surface area contributed by atoms with Crippen LogP contribution >= 0.6 is 0 Å². The van der Waals surface area contributed by atoms with Gasteiger partial charge in [-0.3, -0.25) is 4.99 Å². The molecule has 0 aliphatic heterocycles. The summed E-state index contributed by atoms with van der Waals surface area (Å²) < 4.78 is 0. The summed E-state index contributed by atoms with van der Waals surface area (Å²) in [7, 11) is 0. The average Bonchev–Trinajstić information content (AvgIpc) is 3.87. The molecule has 11 rings (SSSR count). The van der Waals surface area contributed by atoms with Gasteiger partial charge in [0.2, 0.25) is 0 Å². The minimum Gasteiger partial charge on any atom is -0.264 e. The van der Waals surface area contributed by atoms with E-state index in [-0.39, 0.29) is 5.41 Å². The zero-order valence-corrected chi connectivity index (χ0v) is 43.0. The van der Waals surface area contributed by atoms with Crippen LogP contribution in [-0.2, 0) is 11.8 Å². The second kappa shape index (κ2) is 23.3. The fourth-order valence-electron chi connectivity index (χ4n) is 10.6. The van der Waals surface area contributed by atoms with Crippen molar-refractivity contribution in [3.63, 3.8) is 0 Å². The smallest absolute Gasteiger partial charge is 0.0725 e. The quantitative estimate of drug-likeness (QED) is 0.101. The van der Waals surface area contributed by atoms with Gasteiger partial charge in [0.15, 0.2) is 0 Å². The van der Waals surface area contributed by atoms with Gasteiger partial charge < -0.3 is 0 Å². The van der Waals surface area contributed by atoms with Gasteiger partial charge in [0.05, 0.1) is 11.1 Å². The van der Waals surface area contributed by atoms with Crippen LogP contribution in [0, 0.1) is 34.6 Å². The van der Waals surface area contributed by atoms with Crippen LogP contribution in [0.4, 0.5) is 0 Å². The van der Waals surface area contributed by atoms with E-state index in [1.807, 2.05) is 18.2 Å². The van der Waals surface area contributed by atoms with Crippen molar-refractivity contribution < 1.29 is 0 Å². The monoisotopic (exact) mass is 924 g/mol. The van der Waals surface area contributed by atoms with Crippen LogP contribution < -0.4 is 0 Å². The molecule has 0 bridgehead atoms. The minimum absolute atomic E-state index is 0.277. The molecule has 71 heavy (non-hydrogen) atoms. The summed E-state index contributed by atoms with van der Waals surface area (Å²) in [5, 5.41) is 0. The lowest BCUT2D eigenvalue weighted by atomic mass is 9.70. The highest BCUT2D eigenvalue weighted by Crippen LogP contribution is 2.64. The Bertz CT molecular complexity index is 3170. The molecule has 0 saturated carbocycles. The van der Waals surface area contributed by atoms with Crippen LogP contribution in [0.1, 0.15) is 101 Å². The van der Waals surface area contributed by atoms with E-state index in [2.05, 4.69) is 260 Å². The number of hydrogen-bond acceptors (Lipinski definition) is 1. The summed E-state index contributed by atoms with van der Waals surface area (Å²) in [6, 6.07) is 76.7. The van der Waals surface area contributed by atoms with Gasteiger partial charge >= 0.3 is 0 Å². The van der Waals surface area contributed by atoms with Crippen LogP contribution in [0.5, 0.6) is 0 Å². The van der Waals surface area contributed by atoms with Gasteiger partial charge in [-0.05, 0) is 155 Å². The fraction of sp³-hybridized carbons (Fsp3) is 0.186. The zero-order valence-electron chi connectivity index (χ0n) is 43.0. The van der Waals surface area contributed by atoms with Crippen molar-refractivity contribution >= 4 is 12.4 Å². The Balaban J connectivity index is 0.000000154. The molecule has 1 heteroatoms. The predicted molar refractivity (Wildman–Crippen MR) is 308 cm³/mol. The highest BCUT2D eigenvalue weighted by Gasteiger charge is 2.52. The van der Waals surface area contributed by atoms with E-state index < -0.39 is 0 Å². The highest BCUT2D eigenvalue weighted by atomic mass is 14.7. The van der Waals surface area contributed by atoms with Crippen molar-refractivity contribution in [3.05, 3.63) is 280 Å². The van der Waals surface area contributed by atoms with E-state index >= 15 is 0 Å². The van der Waals surface area contributed by atoms with Gasteiger partial charge in [-0.2, -0.15) is 0 Å². The molecule has 9 aromatic carbocycles. The van der Waals surface area contributed by atoms with Gasteiger partial charge in [0.25, 0.3) is 0 Å². The third-order valence-corrected chi connectivity index (χ3v) is 14.1. The second-order valence-electron chi connectivity index (χ2n) is 19.0. The molecule has 0 radical (unpaired) electrons. The van der Waals surface area contributed by atoms with Crippen LogP contribution in [0.3, 0.4) is 0 Å². The Labute approximate surface area is 425 Å². The molecule has 0 N–H and O–H groups in total. The molecular formula is C70H69N. The van der Waals surface area contributed by atoms with Crippen LogP contribution in [0.25, 0.3) is 50.2 Å². The highest BCUT2D eigenvalue weighted by molar-refractivity contribution is 6.01. The van der Waals surface area contributed by atoms with E-state index in [0.717, 1.165) is 30.5 Å². The lowest BCUT2D eigenvalue weighted by molar-refractivity contribution is 0.793. The summed E-state index contributed by atoms with van der Waals surface area (Å²) in [6.45, 7) is 18.9. The molecule has 2 aliphatic rings. The molecule has 0 amide bonds. The molecule has 0 heterocycles. The Hall–Kier alpha value is -7.61. The Kier molecular flexibility index (Phi) is 16.4. The normalized spacial score (nSPS) is 12.1. The Morgan fingerprint density at radius 2 is 0.873 bits per heavy atom. The van der Waals surface area contributed by atoms with Gasteiger partial charge in [0.1, 0.15) is 0 Å². The molecule has 354 valence electrons. The molecule has 1 spiro atoms.